The van der Waals surface area contributed by atoms with E-state index >= 15 is 0 Å². The van der Waals surface area contributed by atoms with Crippen LogP contribution in [0.5, 0.6) is 0 Å². The van der Waals surface area contributed by atoms with E-state index in [1.54, 1.807) is 18.5 Å². The van der Waals surface area contributed by atoms with Crippen LogP contribution in [0.15, 0.2) is 29.0 Å². The minimum atomic E-state index is -0.438. The lowest BCUT2D eigenvalue weighted by atomic mass is 10.0. The van der Waals surface area contributed by atoms with Gasteiger partial charge in [0.1, 0.15) is 11.0 Å². The molecule has 0 aliphatic heterocycles. The monoisotopic (exact) mass is 359 g/mol. The third-order valence-electron chi connectivity index (χ3n) is 3.33. The maximum atomic E-state index is 12.2. The molecule has 3 heterocycles. The standard InChI is InChI=1S/C15H17N7O2S/c1-8(2)11(17-14(23)19-15-21-20-9(3)25-15)13-18-12(22-24-13)10-5-4-6-16-7-10/h4-8,11H,1-3H3,(H2,17,19,21,23)/t11-/m0/s1. The van der Waals surface area contributed by atoms with Crippen molar-refractivity contribution in [2.24, 2.45) is 5.92 Å². The molecule has 0 saturated carbocycles. The van der Waals surface area contributed by atoms with Gasteiger partial charge in [0.25, 0.3) is 0 Å². The summed E-state index contributed by atoms with van der Waals surface area (Å²) in [6.45, 7) is 5.72. The average molecular weight is 359 g/mol. The maximum absolute atomic E-state index is 12.2. The van der Waals surface area contributed by atoms with Crippen molar-refractivity contribution in [3.05, 3.63) is 35.4 Å². The van der Waals surface area contributed by atoms with Crippen molar-refractivity contribution in [3.8, 4) is 11.4 Å². The third-order valence-corrected chi connectivity index (χ3v) is 4.08. The highest BCUT2D eigenvalue weighted by atomic mass is 32.1. The zero-order valence-electron chi connectivity index (χ0n) is 13.9. The van der Waals surface area contributed by atoms with Crippen molar-refractivity contribution in [1.82, 2.24) is 30.6 Å². The smallest absolute Gasteiger partial charge is 0.321 e. The van der Waals surface area contributed by atoms with Crippen LogP contribution in [0.1, 0.15) is 30.8 Å². The number of urea groups is 1. The number of hydrogen-bond acceptors (Lipinski definition) is 8. The van der Waals surface area contributed by atoms with Gasteiger partial charge in [-0.25, -0.2) is 4.79 Å². The van der Waals surface area contributed by atoms with Crippen molar-refractivity contribution < 1.29 is 9.32 Å². The molecule has 1 atom stereocenters. The maximum Gasteiger partial charge on any atom is 0.321 e. The van der Waals surface area contributed by atoms with E-state index in [-0.39, 0.29) is 5.92 Å². The molecular formula is C15H17N7O2S. The third kappa shape index (κ3) is 4.15. The Morgan fingerprint density at radius 3 is 2.80 bits per heavy atom. The average Bonchev–Trinajstić information content (AvgIpc) is 3.22. The Hall–Kier alpha value is -2.88. The fourth-order valence-corrected chi connectivity index (χ4v) is 2.70. The molecule has 0 spiro atoms. The highest BCUT2D eigenvalue weighted by Crippen LogP contribution is 2.23. The van der Waals surface area contributed by atoms with Gasteiger partial charge < -0.3 is 9.84 Å². The van der Waals surface area contributed by atoms with E-state index in [1.165, 1.54) is 11.3 Å². The van der Waals surface area contributed by atoms with E-state index in [9.17, 15) is 4.79 Å². The molecule has 10 heteroatoms. The van der Waals surface area contributed by atoms with E-state index in [0.29, 0.717) is 16.8 Å². The van der Waals surface area contributed by atoms with Gasteiger partial charge in [-0.15, -0.1) is 10.2 Å². The van der Waals surface area contributed by atoms with Gasteiger partial charge in [-0.2, -0.15) is 4.98 Å². The second kappa shape index (κ2) is 7.34. The van der Waals surface area contributed by atoms with Crippen LogP contribution in [0.4, 0.5) is 9.93 Å². The van der Waals surface area contributed by atoms with Gasteiger partial charge in [0.2, 0.25) is 16.8 Å². The fraction of sp³-hybridized carbons (Fsp3) is 0.333. The first kappa shape index (κ1) is 17.0. The molecule has 0 fully saturated rings. The van der Waals surface area contributed by atoms with Gasteiger partial charge in [0.05, 0.1) is 0 Å². The van der Waals surface area contributed by atoms with Gasteiger partial charge >= 0.3 is 6.03 Å². The first-order chi connectivity index (χ1) is 12.0. The molecule has 130 valence electrons. The Morgan fingerprint density at radius 1 is 1.32 bits per heavy atom. The Morgan fingerprint density at radius 2 is 2.16 bits per heavy atom. The van der Waals surface area contributed by atoms with E-state index in [1.807, 2.05) is 26.8 Å². The lowest BCUT2D eigenvalue weighted by Crippen LogP contribution is -2.35. The van der Waals surface area contributed by atoms with Crippen molar-refractivity contribution in [3.63, 3.8) is 0 Å². The molecule has 0 saturated heterocycles. The molecule has 2 N–H and O–H groups in total. The lowest BCUT2D eigenvalue weighted by molar-refractivity contribution is 0.236. The Kier molecular flexibility index (Phi) is 4.98. The van der Waals surface area contributed by atoms with Crippen LogP contribution < -0.4 is 10.6 Å². The number of carbonyl (C=O) groups excluding carboxylic acids is 1. The van der Waals surface area contributed by atoms with Gasteiger partial charge in [0.15, 0.2) is 0 Å². The summed E-state index contributed by atoms with van der Waals surface area (Å²) >= 11 is 1.30. The Labute approximate surface area is 147 Å². The number of aryl methyl sites for hydroxylation is 1. The molecular weight excluding hydrogens is 342 g/mol. The topological polar surface area (TPSA) is 119 Å². The summed E-state index contributed by atoms with van der Waals surface area (Å²) in [5.74, 6) is 0.803. The van der Waals surface area contributed by atoms with Gasteiger partial charge in [-0.05, 0) is 25.0 Å². The van der Waals surface area contributed by atoms with Crippen molar-refractivity contribution >= 4 is 22.5 Å². The molecule has 0 radical (unpaired) electrons. The minimum Gasteiger partial charge on any atom is -0.337 e. The SMILES string of the molecule is Cc1nnc(NC(=O)N[C@H](c2nc(-c3cccnc3)no2)C(C)C)s1. The molecule has 0 unspecified atom stereocenters. The lowest BCUT2D eigenvalue weighted by Gasteiger charge is -2.18. The van der Waals surface area contributed by atoms with E-state index in [4.69, 9.17) is 4.52 Å². The van der Waals surface area contributed by atoms with Crippen LogP contribution in [0, 0.1) is 12.8 Å². The van der Waals surface area contributed by atoms with Crippen LogP contribution in [-0.2, 0) is 0 Å². The molecule has 3 aromatic rings. The van der Waals surface area contributed by atoms with Crippen molar-refractivity contribution in [2.45, 2.75) is 26.8 Å². The van der Waals surface area contributed by atoms with Crippen LogP contribution >= 0.6 is 11.3 Å². The summed E-state index contributed by atoms with van der Waals surface area (Å²) < 4.78 is 5.34. The molecule has 25 heavy (non-hydrogen) atoms. The molecule has 0 bridgehead atoms. The largest absolute Gasteiger partial charge is 0.337 e. The number of aromatic nitrogens is 5. The zero-order chi connectivity index (χ0) is 17.8. The number of nitrogens with zero attached hydrogens (tertiary/aromatic N) is 5. The van der Waals surface area contributed by atoms with Gasteiger partial charge in [0, 0.05) is 18.0 Å². The van der Waals surface area contributed by atoms with E-state index in [0.717, 1.165) is 10.6 Å². The normalized spacial score (nSPS) is 12.2. The number of rotatable bonds is 5. The number of amides is 2. The molecule has 3 rings (SSSR count). The number of anilines is 1. The van der Waals surface area contributed by atoms with Crippen molar-refractivity contribution in [1.29, 1.82) is 0 Å². The van der Waals surface area contributed by atoms with Gasteiger partial charge in [-0.3, -0.25) is 10.3 Å². The molecule has 3 aromatic heterocycles. The predicted molar refractivity (Wildman–Crippen MR) is 91.9 cm³/mol. The minimum absolute atomic E-state index is 0.0455. The summed E-state index contributed by atoms with van der Waals surface area (Å²) in [4.78, 5) is 20.6. The Balaban J connectivity index is 1.73. The second-order valence-electron chi connectivity index (χ2n) is 5.64. The van der Waals surface area contributed by atoms with E-state index in [2.05, 4.69) is 36.0 Å². The second-order valence-corrected chi connectivity index (χ2v) is 6.83. The highest BCUT2D eigenvalue weighted by Gasteiger charge is 2.25. The number of pyridine rings is 1. The summed E-state index contributed by atoms with van der Waals surface area (Å²) in [6.07, 6.45) is 3.32. The summed E-state index contributed by atoms with van der Waals surface area (Å²) in [5.41, 5.74) is 0.744. The van der Waals surface area contributed by atoms with Gasteiger partial charge in [-0.1, -0.05) is 30.3 Å². The quantitative estimate of drug-likeness (QED) is 0.719. The molecule has 0 aliphatic rings. The van der Waals surface area contributed by atoms with Crippen LogP contribution in [0.25, 0.3) is 11.4 Å². The molecule has 2 amide bonds. The highest BCUT2D eigenvalue weighted by molar-refractivity contribution is 7.15. The zero-order valence-corrected chi connectivity index (χ0v) is 14.7. The predicted octanol–water partition coefficient (Wildman–Crippen LogP) is 2.81. The number of nitrogens with one attached hydrogen (secondary N) is 2. The Bertz CT molecular complexity index is 846. The molecule has 0 aromatic carbocycles. The molecule has 0 aliphatic carbocycles. The summed E-state index contributed by atoms with van der Waals surface area (Å²) in [7, 11) is 0. The first-order valence-corrected chi connectivity index (χ1v) is 8.46. The van der Waals surface area contributed by atoms with Crippen molar-refractivity contribution in [2.75, 3.05) is 5.32 Å². The van der Waals surface area contributed by atoms with Crippen LogP contribution in [0.2, 0.25) is 0 Å². The fourth-order valence-electron chi connectivity index (χ4n) is 2.11. The molecule has 9 nitrogen and oxygen atoms in total. The first-order valence-electron chi connectivity index (χ1n) is 7.64. The van der Waals surface area contributed by atoms with Crippen LogP contribution in [-0.4, -0.2) is 31.4 Å². The number of carbonyl (C=O) groups is 1. The summed E-state index contributed by atoms with van der Waals surface area (Å²) in [5, 5.41) is 18.4. The number of hydrogen-bond donors (Lipinski definition) is 2. The summed E-state index contributed by atoms with van der Waals surface area (Å²) in [6, 6.07) is 2.79. The van der Waals surface area contributed by atoms with E-state index < -0.39 is 12.1 Å². The van der Waals surface area contributed by atoms with Crippen LogP contribution in [0.3, 0.4) is 0 Å².